The molecule has 0 spiro atoms. The zero-order valence-corrected chi connectivity index (χ0v) is 60.1. The summed E-state index contributed by atoms with van der Waals surface area (Å²) in [6, 6.07) is 98.7. The minimum absolute atomic E-state index is 0.0129. The molecule has 4 nitrogen and oxygen atoms in total. The van der Waals surface area contributed by atoms with Crippen LogP contribution < -0.4 is 9.80 Å². The number of hydrogen-bond donors (Lipinski definition) is 0. The lowest BCUT2D eigenvalue weighted by atomic mass is 9.98. The van der Waals surface area contributed by atoms with Crippen LogP contribution in [0.3, 0.4) is 0 Å². The number of aromatic nitrogens is 2. The van der Waals surface area contributed by atoms with Gasteiger partial charge in [-0.25, -0.2) is 0 Å². The van der Waals surface area contributed by atoms with E-state index in [4.69, 9.17) is 9.60 Å². The SMILES string of the molecule is [2H]c1c([2H])c(-c2ccc3c(c2)c2ccccc2n3-c2ccccc2)c([2H])c(N(c2ccc(-c3ccccc3)cc2)c2ccc(-c3cccc(-c4ccccc4)c3)cc2)c1[2H].[2H]c1cc(-c2c([2H])c([2H])c([2H])c([2H])c2[2H])c([2H])c(-c2c([2H])c([2H])c(N(c3ccc(-c4ccccc4)cc3)c3c([2H])c([2H])c([2H])c(-c4ccc5c(c4)c4ccccc4n5-c4ccccc4)c3[2H])c([2H])c2[2H])c1[2H]. The first kappa shape index (κ1) is 49.2. The van der Waals surface area contributed by atoms with E-state index >= 15 is 0 Å². The van der Waals surface area contributed by atoms with Crippen molar-refractivity contribution in [2.24, 2.45) is 0 Å². The third-order valence-electron chi connectivity index (χ3n) is 20.0. The van der Waals surface area contributed by atoms with Gasteiger partial charge in [0.25, 0.3) is 0 Å². The van der Waals surface area contributed by atoms with Crippen LogP contribution in [0.25, 0.3) is 144 Å². The highest BCUT2D eigenvalue weighted by Gasteiger charge is 2.21. The van der Waals surface area contributed by atoms with Crippen LogP contribution in [0.1, 0.15) is 27.4 Å². The van der Waals surface area contributed by atoms with Gasteiger partial charge in [0.2, 0.25) is 0 Å². The summed E-state index contributed by atoms with van der Waals surface area (Å²) in [6.45, 7) is 0. The van der Waals surface area contributed by atoms with E-state index in [1.54, 1.807) is 30.3 Å². The first-order valence-electron chi connectivity index (χ1n) is 46.7. The van der Waals surface area contributed by atoms with E-state index in [0.717, 1.165) is 117 Å². The van der Waals surface area contributed by atoms with Gasteiger partial charge in [0, 0.05) is 67.0 Å². The van der Waals surface area contributed by atoms with Crippen LogP contribution >= 0.6 is 0 Å². The molecule has 0 unspecified atom stereocenters. The highest BCUT2D eigenvalue weighted by atomic mass is 15.1. The van der Waals surface area contributed by atoms with Gasteiger partial charge in [-0.2, -0.15) is 0 Å². The molecule has 0 saturated heterocycles. The molecule has 18 aromatic carbocycles. The monoisotopic (exact) mass is 1450 g/mol. The average Bonchev–Trinajstić information content (AvgIpc) is 1.21. The van der Waals surface area contributed by atoms with Gasteiger partial charge in [0.15, 0.2) is 0 Å². The van der Waals surface area contributed by atoms with Crippen molar-refractivity contribution in [3.63, 3.8) is 0 Å². The topological polar surface area (TPSA) is 16.3 Å². The van der Waals surface area contributed by atoms with Gasteiger partial charge in [-0.05, 0) is 234 Å². The summed E-state index contributed by atoms with van der Waals surface area (Å²) in [5, 5.41) is 3.70. The first-order chi connectivity index (χ1) is 63.9. The van der Waals surface area contributed by atoms with Crippen molar-refractivity contribution in [2.45, 2.75) is 0 Å². The largest absolute Gasteiger partial charge is 0.310 e. The van der Waals surface area contributed by atoms with Crippen molar-refractivity contribution in [3.05, 3.63) is 461 Å². The van der Waals surface area contributed by atoms with Crippen LogP contribution in [0.4, 0.5) is 34.1 Å². The Labute approximate surface area is 681 Å². The van der Waals surface area contributed by atoms with E-state index in [0.29, 0.717) is 16.7 Å². The minimum atomic E-state index is -0.793. The molecule has 0 aliphatic rings. The van der Waals surface area contributed by atoms with Crippen LogP contribution in [0.2, 0.25) is 0 Å². The zero-order chi connectivity index (χ0) is 91.9. The van der Waals surface area contributed by atoms with Crippen molar-refractivity contribution in [2.75, 3.05) is 9.80 Å². The highest BCUT2D eigenvalue weighted by molar-refractivity contribution is 6.12. The van der Waals surface area contributed by atoms with Crippen molar-refractivity contribution >= 4 is 77.7 Å². The first-order valence-corrected chi connectivity index (χ1v) is 36.7. The van der Waals surface area contributed by atoms with E-state index in [9.17, 15) is 17.8 Å². The lowest BCUT2D eigenvalue weighted by Crippen LogP contribution is -2.10. The van der Waals surface area contributed by atoms with E-state index in [2.05, 4.69) is 94.1 Å². The quantitative estimate of drug-likeness (QED) is 0.0959. The Morgan fingerprint density at radius 2 is 0.500 bits per heavy atom. The predicted molar refractivity (Wildman–Crippen MR) is 474 cm³/mol. The maximum atomic E-state index is 9.94. The molecule has 0 bridgehead atoms. The van der Waals surface area contributed by atoms with E-state index in [1.165, 1.54) is 4.90 Å². The fourth-order valence-electron chi connectivity index (χ4n) is 14.7. The molecule has 0 radical (unpaired) electrons. The Morgan fingerprint density at radius 3 is 0.964 bits per heavy atom. The Bertz CT molecular complexity index is 7920. The number of anilines is 6. The van der Waals surface area contributed by atoms with Crippen molar-refractivity contribution in [3.8, 4) is 100 Å². The number of fused-ring (bicyclic) bond motifs is 6. The molecule has 2 heterocycles. The number of nitrogens with zero attached hydrogens (tertiary/aromatic N) is 4. The smallest absolute Gasteiger partial charge is 0.0651 e. The fourth-order valence-corrected chi connectivity index (χ4v) is 14.7. The molecule has 0 N–H and O–H groups in total. The predicted octanol–water partition coefficient (Wildman–Crippen LogP) is 29.8. The van der Waals surface area contributed by atoms with Crippen LogP contribution in [-0.4, -0.2) is 9.13 Å². The summed E-state index contributed by atoms with van der Waals surface area (Å²) in [5.41, 5.74) is 14.2. The fraction of sp³-hybridized carbons (Fsp3) is 0. The molecule has 2 aromatic heterocycles. The van der Waals surface area contributed by atoms with Crippen LogP contribution in [0.15, 0.2) is 461 Å². The van der Waals surface area contributed by atoms with E-state index in [1.807, 2.05) is 223 Å². The normalized spacial score (nSPS) is 13.7. The van der Waals surface area contributed by atoms with Gasteiger partial charge in [0.1, 0.15) is 0 Å². The molecule has 0 aliphatic heterocycles. The Kier molecular flexibility index (Phi) is 13.4. The summed E-state index contributed by atoms with van der Waals surface area (Å²) >= 11 is 0. The average molecular weight is 1450 g/mol. The highest BCUT2D eigenvalue weighted by Crippen LogP contribution is 2.44. The molecule has 0 aliphatic carbocycles. The third kappa shape index (κ3) is 13.6. The number of para-hydroxylation sites is 4. The van der Waals surface area contributed by atoms with Gasteiger partial charge in [-0.3, -0.25) is 0 Å². The summed E-state index contributed by atoms with van der Waals surface area (Å²) < 4.78 is 187. The lowest BCUT2D eigenvalue weighted by molar-refractivity contribution is 1.18. The summed E-state index contributed by atoms with van der Waals surface area (Å²) in [7, 11) is 0. The molecule has 0 atom stereocenters. The number of benzene rings is 18. The second-order valence-corrected chi connectivity index (χ2v) is 26.8. The van der Waals surface area contributed by atoms with Crippen molar-refractivity contribution in [1.29, 1.82) is 0 Å². The molecule has 20 aromatic rings. The molecular formula is C108H76N4. The standard InChI is InChI=1S/2C54H38N2/c2*1-4-14-39(15-5-1)41-26-31-48(32-27-41)55(49-33-28-42(29-34-49)44-19-12-18-43(36-44)40-16-6-2-7-17-40)50-23-13-20-45(37-50)46-30-35-54-52(38-46)51-24-10-11-25-53(51)56(54)47-21-8-3-9-22-47/h2*1-38H/i2D,6D,7D,12D,13D,16D,17D,19D,20D,23D,28D,29D,33D,34D,36D,37D;13D,20D,23D,37D. The van der Waals surface area contributed by atoms with Gasteiger partial charge in [-0.1, -0.05) is 315 Å². The van der Waals surface area contributed by atoms with Crippen molar-refractivity contribution in [1.82, 2.24) is 9.13 Å². The van der Waals surface area contributed by atoms with Gasteiger partial charge in [-0.15, -0.1) is 0 Å². The second kappa shape index (κ2) is 30.4. The summed E-state index contributed by atoms with van der Waals surface area (Å²) in [6.07, 6.45) is 0. The van der Waals surface area contributed by atoms with Gasteiger partial charge >= 0.3 is 0 Å². The van der Waals surface area contributed by atoms with Gasteiger partial charge < -0.3 is 18.9 Å². The molecule has 0 saturated carbocycles. The Morgan fingerprint density at radius 1 is 0.170 bits per heavy atom. The van der Waals surface area contributed by atoms with Gasteiger partial charge in [0.05, 0.1) is 49.5 Å². The third-order valence-corrected chi connectivity index (χ3v) is 20.0. The molecule has 4 heteroatoms. The van der Waals surface area contributed by atoms with Crippen molar-refractivity contribution < 1.29 is 27.4 Å². The Balaban J connectivity index is 0.000000173. The second-order valence-electron chi connectivity index (χ2n) is 26.8. The van der Waals surface area contributed by atoms with Crippen LogP contribution in [0, 0.1) is 0 Å². The van der Waals surface area contributed by atoms with E-state index < -0.39 is 119 Å². The number of rotatable bonds is 16. The molecule has 0 amide bonds. The molecule has 20 rings (SSSR count). The molecule has 112 heavy (non-hydrogen) atoms. The Hall–Kier alpha value is -14.8. The summed E-state index contributed by atoms with van der Waals surface area (Å²) in [5.74, 6) is 0. The molecule has 528 valence electrons. The molecule has 0 fully saturated rings. The zero-order valence-electron chi connectivity index (χ0n) is 80.1. The van der Waals surface area contributed by atoms with Crippen LogP contribution in [-0.2, 0) is 0 Å². The van der Waals surface area contributed by atoms with E-state index in [-0.39, 0.29) is 52.4 Å². The summed E-state index contributed by atoms with van der Waals surface area (Å²) in [4.78, 5) is 3.08. The molecular weight excluding hydrogens is 1350 g/mol. The van der Waals surface area contributed by atoms with Crippen LogP contribution in [0.5, 0.6) is 0 Å². The maximum absolute atomic E-state index is 9.94. The minimum Gasteiger partial charge on any atom is -0.310 e. The maximum Gasteiger partial charge on any atom is 0.0651 e. The lowest BCUT2D eigenvalue weighted by Gasteiger charge is -2.26. The number of hydrogen-bond acceptors (Lipinski definition) is 2.